The van der Waals surface area contributed by atoms with Crippen LogP contribution in [0.4, 0.5) is 11.5 Å². The number of nitrogens with one attached hydrogen (secondary N) is 1. The molecule has 1 aromatic carbocycles. The van der Waals surface area contributed by atoms with Gasteiger partial charge in [-0.1, -0.05) is 0 Å². The summed E-state index contributed by atoms with van der Waals surface area (Å²) in [5, 5.41) is 3.37. The van der Waals surface area contributed by atoms with E-state index in [-0.39, 0.29) is 11.3 Å². The van der Waals surface area contributed by atoms with Gasteiger partial charge in [-0.25, -0.2) is 4.98 Å². The van der Waals surface area contributed by atoms with E-state index in [4.69, 9.17) is 21.1 Å². The molecule has 0 bridgehead atoms. The molecule has 0 aliphatic rings. The number of rotatable bonds is 5. The van der Waals surface area contributed by atoms with E-state index in [9.17, 15) is 0 Å². The number of fused-ring (bicyclic) bond motifs is 1. The topological polar surface area (TPSA) is 74.1 Å². The van der Waals surface area contributed by atoms with Crippen molar-refractivity contribution in [3.63, 3.8) is 0 Å². The minimum Gasteiger partial charge on any atom is -0.497 e. The largest absolute Gasteiger partial charge is 0.497 e. The van der Waals surface area contributed by atoms with Gasteiger partial charge in [0, 0.05) is 29.9 Å². The van der Waals surface area contributed by atoms with E-state index in [1.165, 1.54) is 0 Å². The van der Waals surface area contributed by atoms with Gasteiger partial charge in [-0.2, -0.15) is 9.97 Å². The first-order valence-electron chi connectivity index (χ1n) is 7.42. The summed E-state index contributed by atoms with van der Waals surface area (Å²) in [6, 6.07) is 5.68. The summed E-state index contributed by atoms with van der Waals surface area (Å²) in [6.45, 7) is 4.11. The van der Waals surface area contributed by atoms with Crippen LogP contribution in [0.15, 0.2) is 24.5 Å². The van der Waals surface area contributed by atoms with Crippen molar-refractivity contribution in [2.24, 2.45) is 0 Å². The molecular formula is C16H18ClN5O2. The van der Waals surface area contributed by atoms with Gasteiger partial charge in [0.05, 0.1) is 20.5 Å². The molecule has 0 unspecified atom stereocenters. The molecule has 2 aromatic heterocycles. The van der Waals surface area contributed by atoms with Crippen molar-refractivity contribution in [3.05, 3.63) is 29.8 Å². The van der Waals surface area contributed by atoms with E-state index in [0.29, 0.717) is 28.5 Å². The average Bonchev–Trinajstić information content (AvgIpc) is 2.98. The second kappa shape index (κ2) is 6.52. The minimum atomic E-state index is 0.155. The molecule has 24 heavy (non-hydrogen) atoms. The van der Waals surface area contributed by atoms with Gasteiger partial charge in [0.15, 0.2) is 17.0 Å². The third-order valence-corrected chi connectivity index (χ3v) is 3.73. The zero-order valence-corrected chi connectivity index (χ0v) is 14.6. The predicted molar refractivity (Wildman–Crippen MR) is 93.5 cm³/mol. The highest BCUT2D eigenvalue weighted by atomic mass is 35.5. The Morgan fingerprint density at radius 2 is 1.75 bits per heavy atom. The Morgan fingerprint density at radius 1 is 1.08 bits per heavy atom. The molecule has 3 aromatic rings. The van der Waals surface area contributed by atoms with E-state index in [1.807, 2.05) is 16.7 Å². The van der Waals surface area contributed by atoms with Crippen LogP contribution in [0.5, 0.6) is 11.5 Å². The van der Waals surface area contributed by atoms with Crippen molar-refractivity contribution in [3.8, 4) is 11.5 Å². The molecule has 2 heterocycles. The van der Waals surface area contributed by atoms with Crippen molar-refractivity contribution >= 4 is 34.3 Å². The number of benzene rings is 1. The summed E-state index contributed by atoms with van der Waals surface area (Å²) in [7, 11) is 3.20. The summed E-state index contributed by atoms with van der Waals surface area (Å²) in [6.07, 6.45) is 1.73. The van der Waals surface area contributed by atoms with Gasteiger partial charge in [-0.05, 0) is 25.4 Å². The van der Waals surface area contributed by atoms with Gasteiger partial charge >= 0.3 is 0 Å². The van der Waals surface area contributed by atoms with Crippen LogP contribution >= 0.6 is 11.6 Å². The molecule has 7 nitrogen and oxygen atoms in total. The lowest BCUT2D eigenvalue weighted by Crippen LogP contribution is -2.02. The highest BCUT2D eigenvalue weighted by Crippen LogP contribution is 2.30. The highest BCUT2D eigenvalue weighted by molar-refractivity contribution is 6.28. The maximum Gasteiger partial charge on any atom is 0.226 e. The molecule has 0 fully saturated rings. The molecule has 3 rings (SSSR count). The minimum absolute atomic E-state index is 0.155. The van der Waals surface area contributed by atoms with Crippen LogP contribution in [0.3, 0.4) is 0 Å². The normalized spacial score (nSPS) is 11.1. The molecule has 0 spiro atoms. The first-order valence-corrected chi connectivity index (χ1v) is 7.79. The summed E-state index contributed by atoms with van der Waals surface area (Å²) in [5.41, 5.74) is 2.08. The zero-order chi connectivity index (χ0) is 17.3. The number of aromatic nitrogens is 4. The Morgan fingerprint density at radius 3 is 2.33 bits per heavy atom. The SMILES string of the molecule is COc1cc(Nc2nc(Cl)nc3c2ncn3C(C)C)cc(OC)c1. The number of methoxy groups -OCH3 is 2. The molecule has 0 atom stereocenters. The Kier molecular flexibility index (Phi) is 4.44. The fourth-order valence-corrected chi connectivity index (χ4v) is 2.54. The first-order chi connectivity index (χ1) is 11.5. The number of hydrogen-bond acceptors (Lipinski definition) is 6. The molecule has 0 aliphatic carbocycles. The maximum atomic E-state index is 6.09. The zero-order valence-electron chi connectivity index (χ0n) is 13.9. The summed E-state index contributed by atoms with van der Waals surface area (Å²) >= 11 is 6.09. The Bertz CT molecular complexity index is 856. The van der Waals surface area contributed by atoms with Crippen LogP contribution in [0, 0.1) is 0 Å². The maximum absolute atomic E-state index is 6.09. The van der Waals surface area contributed by atoms with Crippen molar-refractivity contribution < 1.29 is 9.47 Å². The van der Waals surface area contributed by atoms with E-state index in [2.05, 4.69) is 34.1 Å². The molecule has 0 saturated carbocycles. The van der Waals surface area contributed by atoms with Crippen molar-refractivity contribution in [1.82, 2.24) is 19.5 Å². The lowest BCUT2D eigenvalue weighted by Gasteiger charge is -2.11. The smallest absolute Gasteiger partial charge is 0.226 e. The number of anilines is 2. The third-order valence-electron chi connectivity index (χ3n) is 3.56. The number of ether oxygens (including phenoxy) is 2. The number of imidazole rings is 1. The fourth-order valence-electron chi connectivity index (χ4n) is 2.37. The number of nitrogens with zero attached hydrogens (tertiary/aromatic N) is 4. The van der Waals surface area contributed by atoms with Crippen molar-refractivity contribution in [1.29, 1.82) is 0 Å². The quantitative estimate of drug-likeness (QED) is 0.707. The molecule has 0 radical (unpaired) electrons. The number of halogens is 1. The van der Waals surface area contributed by atoms with Gasteiger partial charge < -0.3 is 19.4 Å². The van der Waals surface area contributed by atoms with Gasteiger partial charge in [0.2, 0.25) is 5.28 Å². The van der Waals surface area contributed by atoms with Crippen LogP contribution < -0.4 is 14.8 Å². The molecule has 8 heteroatoms. The van der Waals surface area contributed by atoms with Crippen LogP contribution in [0.2, 0.25) is 5.28 Å². The van der Waals surface area contributed by atoms with E-state index in [0.717, 1.165) is 5.69 Å². The van der Waals surface area contributed by atoms with Gasteiger partial charge in [-0.15, -0.1) is 0 Å². The van der Waals surface area contributed by atoms with Crippen LogP contribution in [-0.2, 0) is 0 Å². The molecule has 126 valence electrons. The van der Waals surface area contributed by atoms with Crippen LogP contribution in [-0.4, -0.2) is 33.7 Å². The van der Waals surface area contributed by atoms with E-state index >= 15 is 0 Å². The molecule has 0 aliphatic heterocycles. The van der Waals surface area contributed by atoms with Gasteiger partial charge in [0.1, 0.15) is 11.5 Å². The summed E-state index contributed by atoms with van der Waals surface area (Å²) < 4.78 is 12.5. The van der Waals surface area contributed by atoms with E-state index in [1.54, 1.807) is 26.6 Å². The fraction of sp³-hybridized carbons (Fsp3) is 0.312. The highest BCUT2D eigenvalue weighted by Gasteiger charge is 2.15. The Balaban J connectivity index is 2.07. The summed E-state index contributed by atoms with van der Waals surface area (Å²) in [4.78, 5) is 13.0. The first kappa shape index (κ1) is 16.3. The van der Waals surface area contributed by atoms with Gasteiger partial charge in [-0.3, -0.25) is 0 Å². The average molecular weight is 348 g/mol. The van der Waals surface area contributed by atoms with Crippen molar-refractivity contribution in [2.45, 2.75) is 19.9 Å². The Labute approximate surface area is 144 Å². The van der Waals surface area contributed by atoms with Crippen LogP contribution in [0.1, 0.15) is 19.9 Å². The monoisotopic (exact) mass is 347 g/mol. The number of hydrogen-bond donors (Lipinski definition) is 1. The molecule has 0 saturated heterocycles. The van der Waals surface area contributed by atoms with E-state index < -0.39 is 0 Å². The lowest BCUT2D eigenvalue weighted by atomic mass is 10.2. The van der Waals surface area contributed by atoms with Crippen LogP contribution in [0.25, 0.3) is 11.2 Å². The van der Waals surface area contributed by atoms with Crippen molar-refractivity contribution in [2.75, 3.05) is 19.5 Å². The second-order valence-electron chi connectivity index (χ2n) is 5.49. The predicted octanol–water partition coefficient (Wildman–Crippen LogP) is 3.82. The third kappa shape index (κ3) is 3.07. The second-order valence-corrected chi connectivity index (χ2v) is 5.82. The molecule has 1 N–H and O–H groups in total. The molecule has 0 amide bonds. The Hall–Kier alpha value is -2.54. The lowest BCUT2D eigenvalue weighted by molar-refractivity contribution is 0.395. The standard InChI is InChI=1S/C16H18ClN5O2/c1-9(2)22-8-18-13-14(20-16(17)21-15(13)22)19-10-5-11(23-3)7-12(6-10)24-4/h5-9H,1-4H3,(H,19,20,21). The summed E-state index contributed by atoms with van der Waals surface area (Å²) in [5.74, 6) is 1.86. The van der Waals surface area contributed by atoms with Gasteiger partial charge in [0.25, 0.3) is 0 Å². The molecular weight excluding hydrogens is 330 g/mol.